The molecular formula is C13H28O5. The molecule has 0 heterocycles. The zero-order chi connectivity index (χ0) is 14.4. The minimum atomic E-state index is -0.319. The van der Waals surface area contributed by atoms with Gasteiger partial charge in [-0.2, -0.15) is 0 Å². The van der Waals surface area contributed by atoms with Gasteiger partial charge in [-0.3, -0.25) is 4.79 Å². The van der Waals surface area contributed by atoms with E-state index in [0.717, 1.165) is 0 Å². The van der Waals surface area contributed by atoms with Crippen molar-refractivity contribution in [3.63, 3.8) is 0 Å². The van der Waals surface area contributed by atoms with Gasteiger partial charge in [0.15, 0.2) is 0 Å². The predicted octanol–water partition coefficient (Wildman–Crippen LogP) is 1.77. The molecule has 18 heavy (non-hydrogen) atoms. The van der Waals surface area contributed by atoms with Crippen molar-refractivity contribution in [3.8, 4) is 0 Å². The van der Waals surface area contributed by atoms with E-state index in [1.165, 1.54) is 0 Å². The average molecular weight is 264 g/mol. The Bertz CT molecular complexity index is 182. The normalized spacial score (nSPS) is 13.2. The number of hydrogen-bond acceptors (Lipinski definition) is 5. The number of ether oxygens (including phenoxy) is 3. The third-order valence-electron chi connectivity index (χ3n) is 1.74. The molecule has 0 aliphatic heterocycles. The first-order chi connectivity index (χ1) is 8.47. The minimum Gasteiger partial charge on any atom is -0.460 e. The maximum absolute atomic E-state index is 10.7. The van der Waals surface area contributed by atoms with E-state index in [2.05, 4.69) is 0 Å². The lowest BCUT2D eigenvalue weighted by Crippen LogP contribution is -2.19. The van der Waals surface area contributed by atoms with E-state index in [9.17, 15) is 4.79 Å². The van der Waals surface area contributed by atoms with Crippen molar-refractivity contribution >= 4 is 5.97 Å². The molecule has 0 spiro atoms. The highest BCUT2D eigenvalue weighted by molar-refractivity contribution is 5.69. The Morgan fingerprint density at radius 3 is 1.89 bits per heavy atom. The van der Waals surface area contributed by atoms with E-state index < -0.39 is 0 Å². The number of carbonyl (C=O) groups excluding carboxylic acids is 1. The average Bonchev–Trinajstić information content (AvgIpc) is 2.34. The van der Waals surface area contributed by atoms with Crippen LogP contribution < -0.4 is 0 Å². The van der Waals surface area contributed by atoms with Crippen LogP contribution in [0.2, 0.25) is 0 Å². The van der Waals surface area contributed by atoms with Crippen LogP contribution in [0.5, 0.6) is 0 Å². The van der Waals surface area contributed by atoms with Gasteiger partial charge in [-0.25, -0.2) is 0 Å². The van der Waals surface area contributed by atoms with Gasteiger partial charge in [0, 0.05) is 19.6 Å². The molecule has 1 N–H and O–H groups in total. The summed E-state index contributed by atoms with van der Waals surface area (Å²) in [6, 6.07) is 0. The van der Waals surface area contributed by atoms with Gasteiger partial charge in [0.25, 0.3) is 0 Å². The van der Waals surface area contributed by atoms with Crippen LogP contribution in [0.4, 0.5) is 0 Å². The third kappa shape index (κ3) is 17.7. The van der Waals surface area contributed by atoms with Crippen LogP contribution in [-0.4, -0.2) is 49.7 Å². The summed E-state index contributed by atoms with van der Waals surface area (Å²) < 4.78 is 14.8. The molecule has 110 valence electrons. The van der Waals surface area contributed by atoms with Crippen LogP contribution >= 0.6 is 0 Å². The molecular weight excluding hydrogens is 236 g/mol. The Hall–Kier alpha value is -0.650. The zero-order valence-electron chi connectivity index (χ0n) is 12.3. The summed E-state index contributed by atoms with van der Waals surface area (Å²) in [7, 11) is 0. The van der Waals surface area contributed by atoms with Crippen molar-refractivity contribution in [2.24, 2.45) is 0 Å². The number of carbonyl (C=O) groups is 1. The van der Waals surface area contributed by atoms with Crippen LogP contribution in [0, 0.1) is 0 Å². The Kier molecular flexibility index (Phi) is 15.8. The van der Waals surface area contributed by atoms with Gasteiger partial charge < -0.3 is 19.3 Å². The second-order valence-corrected chi connectivity index (χ2v) is 3.82. The molecule has 0 amide bonds. The molecule has 0 aromatic carbocycles. The van der Waals surface area contributed by atoms with Crippen LogP contribution in [0.3, 0.4) is 0 Å². The van der Waals surface area contributed by atoms with E-state index in [1.807, 2.05) is 20.8 Å². The maximum Gasteiger partial charge on any atom is 0.305 e. The quantitative estimate of drug-likeness (QED) is 0.677. The van der Waals surface area contributed by atoms with Gasteiger partial charge in [0.05, 0.1) is 19.3 Å². The van der Waals surface area contributed by atoms with E-state index in [4.69, 9.17) is 19.3 Å². The smallest absolute Gasteiger partial charge is 0.305 e. The molecule has 0 bridgehead atoms. The number of aliphatic hydroxyl groups excluding tert-OH is 1. The first-order valence-corrected chi connectivity index (χ1v) is 6.50. The van der Waals surface area contributed by atoms with Crippen LogP contribution in [-0.2, 0) is 19.0 Å². The number of hydrogen-bond donors (Lipinski definition) is 1. The molecule has 0 fully saturated rings. The first-order valence-electron chi connectivity index (χ1n) is 6.50. The fourth-order valence-corrected chi connectivity index (χ4v) is 0.914. The van der Waals surface area contributed by atoms with E-state index in [-0.39, 0.29) is 18.2 Å². The van der Waals surface area contributed by atoms with Crippen molar-refractivity contribution in [2.75, 3.05) is 26.4 Å². The lowest BCUT2D eigenvalue weighted by atomic mass is 10.4. The number of aliphatic hydroxyl groups is 1. The summed E-state index contributed by atoms with van der Waals surface area (Å²) in [5, 5.41) is 8.56. The van der Waals surface area contributed by atoms with Crippen LogP contribution in [0.15, 0.2) is 0 Å². The summed E-state index contributed by atoms with van der Waals surface area (Å²) in [6.45, 7) is 11.4. The summed E-state index contributed by atoms with van der Waals surface area (Å²) >= 11 is 0. The summed E-state index contributed by atoms with van der Waals surface area (Å²) in [4.78, 5) is 10.7. The van der Waals surface area contributed by atoms with E-state index in [1.54, 1.807) is 13.8 Å². The molecule has 0 aromatic rings. The molecule has 0 saturated carbocycles. The molecule has 5 heteroatoms. The standard InChI is InChI=1S/C8H16O3.C5H12O2/c1-4-8(9)11-7(3)6-10-5-2;1-3-7-4-5(2)6/h7H,4-6H2,1-3H3;5-6H,3-4H2,1-2H3. The van der Waals surface area contributed by atoms with Crippen molar-refractivity contribution in [3.05, 3.63) is 0 Å². The Balaban J connectivity index is 0. The minimum absolute atomic E-state index is 0.123. The van der Waals surface area contributed by atoms with Gasteiger partial charge in [0.1, 0.15) is 6.10 Å². The molecule has 2 unspecified atom stereocenters. The van der Waals surface area contributed by atoms with E-state index >= 15 is 0 Å². The third-order valence-corrected chi connectivity index (χ3v) is 1.74. The highest BCUT2D eigenvalue weighted by Gasteiger charge is 2.06. The second kappa shape index (κ2) is 14.4. The summed E-state index contributed by atoms with van der Waals surface area (Å²) in [5.41, 5.74) is 0. The largest absolute Gasteiger partial charge is 0.460 e. The fraction of sp³-hybridized carbons (Fsp3) is 0.923. The molecule has 5 nitrogen and oxygen atoms in total. The Morgan fingerprint density at radius 2 is 1.56 bits per heavy atom. The lowest BCUT2D eigenvalue weighted by Gasteiger charge is -2.11. The molecule has 0 radical (unpaired) electrons. The summed E-state index contributed by atoms with van der Waals surface area (Å²) in [5.74, 6) is -0.169. The van der Waals surface area contributed by atoms with Crippen LogP contribution in [0.25, 0.3) is 0 Å². The monoisotopic (exact) mass is 264 g/mol. The molecule has 0 saturated heterocycles. The van der Waals surface area contributed by atoms with Crippen LogP contribution in [0.1, 0.15) is 41.0 Å². The molecule has 0 aliphatic rings. The van der Waals surface area contributed by atoms with Crippen molar-refractivity contribution in [1.82, 2.24) is 0 Å². The first kappa shape index (κ1) is 19.7. The molecule has 0 aromatic heterocycles. The molecule has 2 atom stereocenters. The van der Waals surface area contributed by atoms with Gasteiger partial charge in [-0.15, -0.1) is 0 Å². The van der Waals surface area contributed by atoms with Crippen molar-refractivity contribution < 1.29 is 24.1 Å². The highest BCUT2D eigenvalue weighted by Crippen LogP contribution is 1.94. The highest BCUT2D eigenvalue weighted by atomic mass is 16.6. The topological polar surface area (TPSA) is 65.0 Å². The van der Waals surface area contributed by atoms with Gasteiger partial charge in [-0.05, 0) is 27.7 Å². The molecule has 0 aliphatic carbocycles. The Labute approximate surface area is 110 Å². The summed E-state index contributed by atoms with van der Waals surface area (Å²) in [6.07, 6.45) is -0.0152. The van der Waals surface area contributed by atoms with E-state index in [0.29, 0.717) is 32.8 Å². The fourth-order valence-electron chi connectivity index (χ4n) is 0.914. The maximum atomic E-state index is 10.7. The Morgan fingerprint density at radius 1 is 1.06 bits per heavy atom. The zero-order valence-corrected chi connectivity index (χ0v) is 12.3. The van der Waals surface area contributed by atoms with Gasteiger partial charge in [-0.1, -0.05) is 6.92 Å². The number of esters is 1. The lowest BCUT2D eigenvalue weighted by molar-refractivity contribution is -0.150. The van der Waals surface area contributed by atoms with Crippen molar-refractivity contribution in [2.45, 2.75) is 53.2 Å². The van der Waals surface area contributed by atoms with Gasteiger partial charge in [0.2, 0.25) is 0 Å². The number of rotatable bonds is 8. The van der Waals surface area contributed by atoms with Gasteiger partial charge >= 0.3 is 5.97 Å². The second-order valence-electron chi connectivity index (χ2n) is 3.82. The SMILES string of the molecule is CCOCC(C)O.CCOCC(C)OC(=O)CC. The predicted molar refractivity (Wildman–Crippen MR) is 70.5 cm³/mol. The molecule has 0 rings (SSSR count). The van der Waals surface area contributed by atoms with Crippen molar-refractivity contribution in [1.29, 1.82) is 0 Å².